The van der Waals surface area contributed by atoms with E-state index in [9.17, 15) is 0 Å². The molecule has 0 bridgehead atoms. The van der Waals surface area contributed by atoms with Crippen molar-refractivity contribution in [2.75, 3.05) is 26.0 Å². The van der Waals surface area contributed by atoms with E-state index in [1.54, 1.807) is 11.3 Å². The van der Waals surface area contributed by atoms with Crippen molar-refractivity contribution in [3.8, 4) is 0 Å². The SMILES string of the molecule is CN(C)c1nc(Cl)c(CN(C)[C@@H]2CCCc3ccccc32)s1. The second-order valence-corrected chi connectivity index (χ2v) is 7.55. The third-order valence-corrected chi connectivity index (χ3v) is 5.92. The molecule has 0 saturated carbocycles. The molecule has 22 heavy (non-hydrogen) atoms. The fourth-order valence-electron chi connectivity index (χ4n) is 3.13. The molecule has 0 fully saturated rings. The highest BCUT2D eigenvalue weighted by atomic mass is 35.5. The molecular formula is C17H22ClN3S. The number of hydrogen-bond donors (Lipinski definition) is 0. The van der Waals surface area contributed by atoms with Gasteiger partial charge in [0.1, 0.15) is 5.15 Å². The highest BCUT2D eigenvalue weighted by Crippen LogP contribution is 2.36. The Kier molecular flexibility index (Phi) is 4.71. The van der Waals surface area contributed by atoms with Crippen LogP contribution in [-0.4, -0.2) is 31.0 Å². The van der Waals surface area contributed by atoms with Crippen LogP contribution in [-0.2, 0) is 13.0 Å². The van der Waals surface area contributed by atoms with Gasteiger partial charge in [-0.15, -0.1) is 0 Å². The number of anilines is 1. The lowest BCUT2D eigenvalue weighted by Gasteiger charge is -2.33. The molecule has 3 nitrogen and oxygen atoms in total. The Morgan fingerprint density at radius 1 is 1.27 bits per heavy atom. The Bertz CT molecular complexity index is 653. The number of rotatable bonds is 4. The molecule has 5 heteroatoms. The number of benzene rings is 1. The van der Waals surface area contributed by atoms with Crippen LogP contribution in [0.1, 0.15) is 34.9 Å². The average molecular weight is 336 g/mol. The van der Waals surface area contributed by atoms with Crippen LogP contribution in [0.25, 0.3) is 0 Å². The van der Waals surface area contributed by atoms with E-state index in [-0.39, 0.29) is 0 Å². The van der Waals surface area contributed by atoms with Gasteiger partial charge in [0.05, 0.1) is 4.88 Å². The van der Waals surface area contributed by atoms with Crippen LogP contribution in [0.3, 0.4) is 0 Å². The molecule has 0 N–H and O–H groups in total. The van der Waals surface area contributed by atoms with Gasteiger partial charge in [-0.1, -0.05) is 47.2 Å². The maximum absolute atomic E-state index is 6.32. The van der Waals surface area contributed by atoms with Gasteiger partial charge in [-0.3, -0.25) is 4.90 Å². The van der Waals surface area contributed by atoms with Crippen LogP contribution in [0, 0.1) is 0 Å². The molecule has 1 aliphatic carbocycles. The van der Waals surface area contributed by atoms with Gasteiger partial charge >= 0.3 is 0 Å². The van der Waals surface area contributed by atoms with Crippen molar-refractivity contribution in [3.05, 3.63) is 45.4 Å². The van der Waals surface area contributed by atoms with E-state index in [0.29, 0.717) is 11.2 Å². The molecular weight excluding hydrogens is 314 g/mol. The number of fused-ring (bicyclic) bond motifs is 1. The Morgan fingerprint density at radius 2 is 2.05 bits per heavy atom. The summed E-state index contributed by atoms with van der Waals surface area (Å²) in [5.74, 6) is 0. The molecule has 1 aliphatic rings. The van der Waals surface area contributed by atoms with E-state index in [0.717, 1.165) is 16.6 Å². The third kappa shape index (κ3) is 3.14. The predicted octanol–water partition coefficient (Wildman–Crippen LogP) is 4.37. The molecule has 118 valence electrons. The Morgan fingerprint density at radius 3 is 2.77 bits per heavy atom. The van der Waals surface area contributed by atoms with Gasteiger partial charge in [-0.2, -0.15) is 0 Å². The molecule has 2 aromatic rings. The van der Waals surface area contributed by atoms with Crippen molar-refractivity contribution in [1.29, 1.82) is 0 Å². The number of nitrogens with zero attached hydrogens (tertiary/aromatic N) is 3. The van der Waals surface area contributed by atoms with Crippen LogP contribution < -0.4 is 4.90 Å². The van der Waals surface area contributed by atoms with Gasteiger partial charge in [-0.25, -0.2) is 4.98 Å². The minimum Gasteiger partial charge on any atom is -0.354 e. The number of aryl methyl sites for hydroxylation is 1. The van der Waals surface area contributed by atoms with E-state index in [4.69, 9.17) is 11.6 Å². The zero-order chi connectivity index (χ0) is 15.7. The largest absolute Gasteiger partial charge is 0.354 e. The molecule has 1 atom stereocenters. The zero-order valence-corrected chi connectivity index (χ0v) is 14.9. The van der Waals surface area contributed by atoms with Crippen molar-refractivity contribution in [3.63, 3.8) is 0 Å². The van der Waals surface area contributed by atoms with Gasteiger partial charge in [0.25, 0.3) is 0 Å². The summed E-state index contributed by atoms with van der Waals surface area (Å²) < 4.78 is 0. The van der Waals surface area contributed by atoms with Crippen LogP contribution in [0.2, 0.25) is 5.15 Å². The highest BCUT2D eigenvalue weighted by molar-refractivity contribution is 7.16. The summed E-state index contributed by atoms with van der Waals surface area (Å²) >= 11 is 8.00. The first kappa shape index (κ1) is 15.8. The van der Waals surface area contributed by atoms with E-state index in [1.165, 1.54) is 30.4 Å². The number of thiazole rings is 1. The topological polar surface area (TPSA) is 19.4 Å². The summed E-state index contributed by atoms with van der Waals surface area (Å²) in [5.41, 5.74) is 2.97. The van der Waals surface area contributed by atoms with Crippen molar-refractivity contribution in [2.24, 2.45) is 0 Å². The van der Waals surface area contributed by atoms with Gasteiger partial charge in [-0.05, 0) is 37.4 Å². The molecule has 1 aromatic carbocycles. The summed E-state index contributed by atoms with van der Waals surface area (Å²) in [5, 5.41) is 1.61. The van der Waals surface area contributed by atoms with E-state index in [2.05, 4.69) is 41.2 Å². The fraction of sp³-hybridized carbons (Fsp3) is 0.471. The monoisotopic (exact) mass is 335 g/mol. The normalized spacial score (nSPS) is 17.6. The summed E-state index contributed by atoms with van der Waals surface area (Å²) in [4.78, 5) is 10.0. The van der Waals surface area contributed by atoms with Crippen molar-refractivity contribution in [1.82, 2.24) is 9.88 Å². The molecule has 1 heterocycles. The zero-order valence-electron chi connectivity index (χ0n) is 13.3. The molecule has 1 aromatic heterocycles. The fourth-order valence-corrected chi connectivity index (χ4v) is 4.38. The summed E-state index contributed by atoms with van der Waals surface area (Å²) in [6, 6.07) is 9.30. The van der Waals surface area contributed by atoms with Crippen molar-refractivity contribution < 1.29 is 0 Å². The van der Waals surface area contributed by atoms with Gasteiger partial charge in [0.15, 0.2) is 5.13 Å². The number of hydrogen-bond acceptors (Lipinski definition) is 4. The average Bonchev–Trinajstić information content (AvgIpc) is 2.88. The standard InChI is InChI=1S/C17H22ClN3S/c1-20(2)17-19-16(18)15(22-17)11-21(3)14-10-6-8-12-7-4-5-9-13(12)14/h4-5,7,9,14H,6,8,10-11H2,1-3H3/t14-/m1/s1. The van der Waals surface area contributed by atoms with Gasteiger partial charge in [0.2, 0.25) is 0 Å². The van der Waals surface area contributed by atoms with E-state index >= 15 is 0 Å². The van der Waals surface area contributed by atoms with Crippen LogP contribution in [0.4, 0.5) is 5.13 Å². The predicted molar refractivity (Wildman–Crippen MR) is 95.0 cm³/mol. The molecule has 3 rings (SSSR count). The molecule has 0 radical (unpaired) electrons. The number of halogens is 1. The van der Waals surface area contributed by atoms with E-state index in [1.807, 2.05) is 19.0 Å². The Balaban J connectivity index is 1.79. The summed E-state index contributed by atoms with van der Waals surface area (Å²) in [7, 11) is 6.19. The lowest BCUT2D eigenvalue weighted by Crippen LogP contribution is -2.27. The Hall–Kier alpha value is -1.10. The smallest absolute Gasteiger partial charge is 0.186 e. The second kappa shape index (κ2) is 6.57. The minimum atomic E-state index is 0.478. The maximum atomic E-state index is 6.32. The molecule has 0 unspecified atom stereocenters. The lowest BCUT2D eigenvalue weighted by atomic mass is 9.87. The molecule has 0 saturated heterocycles. The third-order valence-electron chi connectivity index (χ3n) is 4.28. The van der Waals surface area contributed by atoms with Crippen molar-refractivity contribution in [2.45, 2.75) is 31.8 Å². The first-order chi connectivity index (χ1) is 10.6. The molecule has 0 aliphatic heterocycles. The second-order valence-electron chi connectivity index (χ2n) is 6.13. The summed E-state index contributed by atoms with van der Waals surface area (Å²) in [6.45, 7) is 0.851. The molecule has 0 spiro atoms. The Labute approximate surface area is 141 Å². The van der Waals surface area contributed by atoms with Crippen LogP contribution in [0.15, 0.2) is 24.3 Å². The highest BCUT2D eigenvalue weighted by Gasteiger charge is 2.24. The summed E-state index contributed by atoms with van der Waals surface area (Å²) in [6.07, 6.45) is 3.67. The molecule has 0 amide bonds. The first-order valence-corrected chi connectivity index (χ1v) is 8.86. The maximum Gasteiger partial charge on any atom is 0.186 e. The number of aromatic nitrogens is 1. The quantitative estimate of drug-likeness (QED) is 0.827. The van der Waals surface area contributed by atoms with Gasteiger partial charge in [0, 0.05) is 26.7 Å². The first-order valence-electron chi connectivity index (χ1n) is 7.67. The lowest BCUT2D eigenvalue weighted by molar-refractivity contribution is 0.215. The van der Waals surface area contributed by atoms with E-state index < -0.39 is 0 Å². The minimum absolute atomic E-state index is 0.478. The van der Waals surface area contributed by atoms with Crippen LogP contribution in [0.5, 0.6) is 0 Å². The van der Waals surface area contributed by atoms with Crippen LogP contribution >= 0.6 is 22.9 Å². The van der Waals surface area contributed by atoms with Crippen molar-refractivity contribution >= 4 is 28.1 Å². The van der Waals surface area contributed by atoms with Gasteiger partial charge < -0.3 is 4.90 Å².